The molecule has 0 spiro atoms. The predicted molar refractivity (Wildman–Crippen MR) is 85.5 cm³/mol. The molecule has 0 bridgehead atoms. The van der Waals surface area contributed by atoms with Crippen molar-refractivity contribution in [2.45, 2.75) is 48.5 Å². The second kappa shape index (κ2) is 3.85. The van der Waals surface area contributed by atoms with Gasteiger partial charge in [0, 0.05) is 5.56 Å². The van der Waals surface area contributed by atoms with Crippen molar-refractivity contribution < 1.29 is 0 Å². The smallest absolute Gasteiger partial charge is 0.206 e. The van der Waals surface area contributed by atoms with Crippen molar-refractivity contribution in [1.82, 2.24) is 4.40 Å². The van der Waals surface area contributed by atoms with Gasteiger partial charge in [-0.2, -0.15) is 0 Å². The Morgan fingerprint density at radius 1 is 0.500 bits per heavy atom. The molecule has 3 aromatic heterocycles. The van der Waals surface area contributed by atoms with E-state index < -0.39 is 0 Å². The summed E-state index contributed by atoms with van der Waals surface area (Å²) in [7, 11) is 0. The van der Waals surface area contributed by atoms with Crippen LogP contribution in [0.25, 0.3) is 16.6 Å². The molecule has 0 N–H and O–H groups in total. The minimum Gasteiger partial charge on any atom is -0.306 e. The molecule has 3 rings (SSSR count). The Morgan fingerprint density at radius 3 is 1.35 bits per heavy atom. The molecule has 0 radical (unpaired) electrons. The summed E-state index contributed by atoms with van der Waals surface area (Å²) in [6, 6.07) is 0. The van der Waals surface area contributed by atoms with Crippen LogP contribution in [0, 0.1) is 48.5 Å². The molecule has 3 aromatic rings. The molecule has 0 aliphatic carbocycles. The first kappa shape index (κ1) is 13.2. The zero-order chi connectivity index (χ0) is 14.9. The maximum Gasteiger partial charge on any atom is 0.206 e. The largest absolute Gasteiger partial charge is 0.306 e. The summed E-state index contributed by atoms with van der Waals surface area (Å²) in [6.07, 6.45) is 0. The number of aryl methyl sites for hydroxylation is 5. The molecule has 2 nitrogen and oxygen atoms in total. The third-order valence-corrected chi connectivity index (χ3v) is 5.25. The summed E-state index contributed by atoms with van der Waals surface area (Å²) in [5, 5.41) is 0. The minimum atomic E-state index is 0.176. The lowest BCUT2D eigenvalue weighted by Crippen LogP contribution is -2.15. The van der Waals surface area contributed by atoms with Crippen LogP contribution in [-0.4, -0.2) is 4.40 Å². The topological polar surface area (TPSA) is 21.5 Å². The summed E-state index contributed by atoms with van der Waals surface area (Å²) in [6.45, 7) is 14.7. The Balaban J connectivity index is 2.90. The molecule has 3 heterocycles. The van der Waals surface area contributed by atoms with Crippen LogP contribution >= 0.6 is 0 Å². The Hall–Kier alpha value is -1.83. The monoisotopic (exact) mass is 267 g/mol. The molecule has 0 saturated heterocycles. The van der Waals surface area contributed by atoms with Crippen LogP contribution in [0.1, 0.15) is 38.9 Å². The fourth-order valence-corrected chi connectivity index (χ4v) is 3.53. The molecule has 0 fully saturated rings. The van der Waals surface area contributed by atoms with Crippen molar-refractivity contribution in [3.8, 4) is 0 Å². The van der Waals surface area contributed by atoms with Crippen molar-refractivity contribution in [3.05, 3.63) is 49.2 Å². The summed E-state index contributed by atoms with van der Waals surface area (Å²) >= 11 is 0. The van der Waals surface area contributed by atoms with Gasteiger partial charge in [-0.05, 0) is 81.8 Å². The van der Waals surface area contributed by atoms with Crippen molar-refractivity contribution in [3.63, 3.8) is 0 Å². The van der Waals surface area contributed by atoms with Crippen molar-refractivity contribution in [2.24, 2.45) is 0 Å². The molecular weight excluding hydrogens is 246 g/mol. The fraction of sp³-hybridized carbons (Fsp3) is 0.389. The summed E-state index contributed by atoms with van der Waals surface area (Å²) in [5.41, 5.74) is 11.7. The molecule has 2 heteroatoms. The standard InChI is InChI=1S/C18H21NO/c1-8-9(2)15-11(4)12(5)16-13(6)14(7)18(20)17(10(8)3)19(15)16/h1-7H3. The quantitative estimate of drug-likeness (QED) is 0.602. The molecule has 0 aliphatic rings. The zero-order valence-corrected chi connectivity index (χ0v) is 13.4. The SMILES string of the molecule is Cc1c(C)c2c(C)c(C)c3c(C)c(C)c(=O)c(c1C)n23. The van der Waals surface area contributed by atoms with Gasteiger partial charge < -0.3 is 4.40 Å². The van der Waals surface area contributed by atoms with E-state index >= 15 is 0 Å². The molecule has 20 heavy (non-hydrogen) atoms. The van der Waals surface area contributed by atoms with Gasteiger partial charge >= 0.3 is 0 Å². The van der Waals surface area contributed by atoms with Gasteiger partial charge in [0.15, 0.2) is 0 Å². The van der Waals surface area contributed by atoms with Gasteiger partial charge in [-0.25, -0.2) is 0 Å². The first-order chi connectivity index (χ1) is 9.29. The number of pyridine rings is 2. The Bertz CT molecular complexity index is 908. The third kappa shape index (κ3) is 1.27. The van der Waals surface area contributed by atoms with Crippen molar-refractivity contribution in [1.29, 1.82) is 0 Å². The van der Waals surface area contributed by atoms with E-state index in [2.05, 4.69) is 45.9 Å². The van der Waals surface area contributed by atoms with Crippen LogP contribution in [0.15, 0.2) is 4.79 Å². The number of hydrogen-bond acceptors (Lipinski definition) is 1. The highest BCUT2D eigenvalue weighted by Gasteiger charge is 2.21. The highest BCUT2D eigenvalue weighted by atomic mass is 16.1. The second-order valence-electron chi connectivity index (χ2n) is 6.09. The Labute approximate surface area is 119 Å². The normalized spacial score (nSPS) is 11.9. The van der Waals surface area contributed by atoms with Crippen molar-refractivity contribution >= 4 is 16.6 Å². The summed E-state index contributed by atoms with van der Waals surface area (Å²) < 4.78 is 2.20. The van der Waals surface area contributed by atoms with E-state index in [-0.39, 0.29) is 5.43 Å². The van der Waals surface area contributed by atoms with Gasteiger partial charge in [0.05, 0.1) is 16.6 Å². The molecule has 0 amide bonds. The van der Waals surface area contributed by atoms with Crippen LogP contribution in [-0.2, 0) is 0 Å². The van der Waals surface area contributed by atoms with Crippen LogP contribution in [0.2, 0.25) is 0 Å². The maximum absolute atomic E-state index is 12.7. The van der Waals surface area contributed by atoms with Gasteiger partial charge in [-0.3, -0.25) is 4.79 Å². The lowest BCUT2D eigenvalue weighted by atomic mass is 10.0. The third-order valence-electron chi connectivity index (χ3n) is 5.25. The van der Waals surface area contributed by atoms with E-state index in [1.165, 1.54) is 33.3 Å². The molecule has 0 aliphatic heterocycles. The maximum atomic E-state index is 12.7. The molecule has 0 saturated carbocycles. The molecule has 104 valence electrons. The van der Waals surface area contributed by atoms with Crippen LogP contribution in [0.3, 0.4) is 0 Å². The average Bonchev–Trinajstić information content (AvgIpc) is 2.66. The van der Waals surface area contributed by atoms with Gasteiger partial charge in [-0.1, -0.05) is 0 Å². The molecule has 0 atom stereocenters. The van der Waals surface area contributed by atoms with Crippen LogP contribution in [0.4, 0.5) is 0 Å². The van der Waals surface area contributed by atoms with Crippen molar-refractivity contribution in [2.75, 3.05) is 0 Å². The van der Waals surface area contributed by atoms with Gasteiger partial charge in [0.2, 0.25) is 5.43 Å². The first-order valence-electron chi connectivity index (χ1n) is 7.12. The van der Waals surface area contributed by atoms with E-state index in [4.69, 9.17) is 0 Å². The predicted octanol–water partition coefficient (Wildman–Crippen LogP) is 4.05. The summed E-state index contributed by atoms with van der Waals surface area (Å²) in [5.74, 6) is 0. The summed E-state index contributed by atoms with van der Waals surface area (Å²) in [4.78, 5) is 12.7. The number of hydrogen-bond donors (Lipinski definition) is 0. The van der Waals surface area contributed by atoms with E-state index in [0.717, 1.165) is 22.2 Å². The number of rotatable bonds is 0. The second-order valence-corrected chi connectivity index (χ2v) is 6.09. The van der Waals surface area contributed by atoms with E-state index in [1.807, 2.05) is 6.92 Å². The number of nitrogens with zero attached hydrogens (tertiary/aromatic N) is 1. The Kier molecular flexibility index (Phi) is 2.53. The zero-order valence-electron chi connectivity index (χ0n) is 13.4. The van der Waals surface area contributed by atoms with E-state index in [0.29, 0.717) is 0 Å². The fourth-order valence-electron chi connectivity index (χ4n) is 3.53. The van der Waals surface area contributed by atoms with Crippen LogP contribution in [0.5, 0.6) is 0 Å². The van der Waals surface area contributed by atoms with E-state index in [1.54, 1.807) is 0 Å². The van der Waals surface area contributed by atoms with Crippen LogP contribution < -0.4 is 5.43 Å². The van der Waals surface area contributed by atoms with Gasteiger partial charge in [0.1, 0.15) is 0 Å². The van der Waals surface area contributed by atoms with Gasteiger partial charge in [0.25, 0.3) is 0 Å². The van der Waals surface area contributed by atoms with Gasteiger partial charge in [-0.15, -0.1) is 0 Å². The lowest BCUT2D eigenvalue weighted by molar-refractivity contribution is 1.15. The Morgan fingerprint density at radius 2 is 0.850 bits per heavy atom. The number of aromatic nitrogens is 1. The first-order valence-corrected chi connectivity index (χ1v) is 7.12. The lowest BCUT2D eigenvalue weighted by Gasteiger charge is -2.15. The average molecular weight is 267 g/mol. The highest BCUT2D eigenvalue weighted by molar-refractivity contribution is 5.86. The highest BCUT2D eigenvalue weighted by Crippen LogP contribution is 2.34. The van der Waals surface area contributed by atoms with E-state index in [9.17, 15) is 4.79 Å². The molecular formula is C18H21NO. The molecule has 0 aromatic carbocycles. The minimum absolute atomic E-state index is 0.176. The molecule has 0 unspecified atom stereocenters.